The van der Waals surface area contributed by atoms with Crippen LogP contribution in [0.3, 0.4) is 0 Å². The van der Waals surface area contributed by atoms with E-state index in [2.05, 4.69) is 17.2 Å². The van der Waals surface area contributed by atoms with Gasteiger partial charge in [0.2, 0.25) is 21.8 Å². The third-order valence-electron chi connectivity index (χ3n) is 7.12. The molecule has 11 heteroatoms. The molecule has 0 bridgehead atoms. The predicted octanol–water partition coefficient (Wildman–Crippen LogP) is 3.44. The number of sulfonamides is 1. The largest absolute Gasteiger partial charge is 0.445 e. The molecule has 0 spiro atoms. The van der Waals surface area contributed by atoms with Crippen LogP contribution in [-0.4, -0.2) is 74.3 Å². The maximum absolute atomic E-state index is 13.5. The van der Waals surface area contributed by atoms with Crippen molar-refractivity contribution in [3.05, 3.63) is 91.0 Å². The molecule has 1 unspecified atom stereocenters. The topological polar surface area (TPSA) is 125 Å². The Kier molecular flexibility index (Phi) is 10.7. The number of hydrogen-bond acceptors (Lipinski definition) is 6. The number of nitrogens with zero attached hydrogens (tertiary/aromatic N) is 2. The number of rotatable bonds is 12. The van der Waals surface area contributed by atoms with Gasteiger partial charge in [-0.25, -0.2) is 13.2 Å². The summed E-state index contributed by atoms with van der Waals surface area (Å²) < 4.78 is 33.4. The number of alkyl carbamates (subject to hydrolysis) is 1. The molecule has 2 N–H and O–H groups in total. The molecule has 1 aliphatic rings. The van der Waals surface area contributed by atoms with Crippen LogP contribution in [-0.2, 0) is 31.0 Å². The Morgan fingerprint density at radius 3 is 2.31 bits per heavy atom. The number of benzene rings is 3. The molecule has 222 valence electrons. The second kappa shape index (κ2) is 14.6. The van der Waals surface area contributed by atoms with Crippen molar-refractivity contribution in [3.8, 4) is 0 Å². The standard InChI is InChI=1S/C31H36N4O6S/c1-2-29(36)32-17-9-8-14-28(33-31(38)41-23-24-10-4-3-5-11-24)30(37)34-18-20-35(21-19-34)42(39,40)27-16-15-25-12-6-7-13-26(25)22-27/h2-7,10-13,15-16,22,28H,1,8-9,14,17-21,23H2,(H,32,36)(H,33,38). The fourth-order valence-corrected chi connectivity index (χ4v) is 6.23. The van der Waals surface area contributed by atoms with Gasteiger partial charge in [-0.15, -0.1) is 0 Å². The van der Waals surface area contributed by atoms with Crippen LogP contribution in [0.25, 0.3) is 10.8 Å². The highest BCUT2D eigenvalue weighted by Gasteiger charge is 2.33. The van der Waals surface area contributed by atoms with Gasteiger partial charge in [0.25, 0.3) is 0 Å². The van der Waals surface area contributed by atoms with Crippen LogP contribution >= 0.6 is 0 Å². The summed E-state index contributed by atoms with van der Waals surface area (Å²) in [5, 5.41) is 7.18. The van der Waals surface area contributed by atoms with Crippen molar-refractivity contribution in [2.75, 3.05) is 32.7 Å². The predicted molar refractivity (Wildman–Crippen MR) is 160 cm³/mol. The van der Waals surface area contributed by atoms with E-state index >= 15 is 0 Å². The van der Waals surface area contributed by atoms with Crippen molar-refractivity contribution in [2.45, 2.75) is 36.8 Å². The van der Waals surface area contributed by atoms with Gasteiger partial charge in [-0.1, -0.05) is 67.2 Å². The van der Waals surface area contributed by atoms with Gasteiger partial charge in [0, 0.05) is 32.7 Å². The van der Waals surface area contributed by atoms with Crippen LogP contribution in [0.5, 0.6) is 0 Å². The van der Waals surface area contributed by atoms with Gasteiger partial charge in [0.05, 0.1) is 4.90 Å². The first-order chi connectivity index (χ1) is 20.3. The number of amides is 3. The molecule has 1 saturated heterocycles. The van der Waals surface area contributed by atoms with Crippen LogP contribution in [0.2, 0.25) is 0 Å². The smallest absolute Gasteiger partial charge is 0.408 e. The van der Waals surface area contributed by atoms with Crippen molar-refractivity contribution in [1.29, 1.82) is 0 Å². The Morgan fingerprint density at radius 1 is 0.905 bits per heavy atom. The highest BCUT2D eigenvalue weighted by Crippen LogP contribution is 2.23. The van der Waals surface area contributed by atoms with Crippen molar-refractivity contribution in [2.24, 2.45) is 0 Å². The molecule has 1 heterocycles. The first-order valence-electron chi connectivity index (χ1n) is 13.9. The maximum atomic E-state index is 13.5. The van der Waals surface area contributed by atoms with E-state index in [1.807, 2.05) is 54.6 Å². The molecule has 0 aliphatic carbocycles. The fourth-order valence-electron chi connectivity index (χ4n) is 4.77. The number of hydrogen-bond donors (Lipinski definition) is 2. The van der Waals surface area contributed by atoms with Crippen LogP contribution in [0, 0.1) is 0 Å². The molecule has 3 aromatic carbocycles. The van der Waals surface area contributed by atoms with Crippen LogP contribution < -0.4 is 10.6 Å². The van der Waals surface area contributed by atoms with Gasteiger partial charge in [0.15, 0.2) is 0 Å². The average Bonchev–Trinajstić information content (AvgIpc) is 3.02. The van der Waals surface area contributed by atoms with Gasteiger partial charge in [0.1, 0.15) is 12.6 Å². The van der Waals surface area contributed by atoms with E-state index in [1.165, 1.54) is 10.4 Å². The molecule has 10 nitrogen and oxygen atoms in total. The summed E-state index contributed by atoms with van der Waals surface area (Å²) in [6.45, 7) is 4.56. The molecule has 0 aromatic heterocycles. The van der Waals surface area contributed by atoms with E-state index in [1.54, 1.807) is 23.1 Å². The minimum Gasteiger partial charge on any atom is -0.445 e. The van der Waals surface area contributed by atoms with E-state index in [4.69, 9.17) is 4.74 Å². The van der Waals surface area contributed by atoms with E-state index in [9.17, 15) is 22.8 Å². The number of nitrogens with one attached hydrogen (secondary N) is 2. The molecule has 0 radical (unpaired) electrons. The van der Waals surface area contributed by atoms with Crippen molar-refractivity contribution in [1.82, 2.24) is 19.8 Å². The maximum Gasteiger partial charge on any atom is 0.408 e. The number of ether oxygens (including phenoxy) is 1. The van der Waals surface area contributed by atoms with Crippen molar-refractivity contribution >= 4 is 38.7 Å². The molecule has 3 amide bonds. The molecular formula is C31H36N4O6S. The third-order valence-corrected chi connectivity index (χ3v) is 9.01. The second-order valence-electron chi connectivity index (χ2n) is 9.99. The quantitative estimate of drug-likeness (QED) is 0.245. The van der Waals surface area contributed by atoms with E-state index < -0.39 is 22.2 Å². The molecule has 42 heavy (non-hydrogen) atoms. The Morgan fingerprint density at radius 2 is 1.60 bits per heavy atom. The fraction of sp³-hybridized carbons (Fsp3) is 0.323. The lowest BCUT2D eigenvalue weighted by atomic mass is 10.1. The summed E-state index contributed by atoms with van der Waals surface area (Å²) in [4.78, 5) is 39.3. The lowest BCUT2D eigenvalue weighted by molar-refractivity contribution is -0.134. The molecule has 0 saturated carbocycles. The van der Waals surface area contributed by atoms with Crippen LogP contribution in [0.4, 0.5) is 4.79 Å². The minimum atomic E-state index is -3.74. The van der Waals surface area contributed by atoms with Gasteiger partial charge in [-0.2, -0.15) is 4.31 Å². The van der Waals surface area contributed by atoms with Gasteiger partial charge in [-0.05, 0) is 53.8 Å². The molecule has 3 aromatic rings. The molecule has 1 aliphatic heterocycles. The Labute approximate surface area is 246 Å². The Hall–Kier alpha value is -4.22. The third kappa shape index (κ3) is 8.17. The highest BCUT2D eigenvalue weighted by atomic mass is 32.2. The van der Waals surface area contributed by atoms with E-state index in [0.29, 0.717) is 25.8 Å². The summed E-state index contributed by atoms with van der Waals surface area (Å²) >= 11 is 0. The number of piperazine rings is 1. The number of carbonyl (C=O) groups is 3. The van der Waals surface area contributed by atoms with Crippen molar-refractivity contribution < 1.29 is 27.5 Å². The van der Waals surface area contributed by atoms with Gasteiger partial charge < -0.3 is 20.3 Å². The average molecular weight is 593 g/mol. The monoisotopic (exact) mass is 592 g/mol. The van der Waals surface area contributed by atoms with Gasteiger partial charge >= 0.3 is 6.09 Å². The van der Waals surface area contributed by atoms with Crippen molar-refractivity contribution in [3.63, 3.8) is 0 Å². The number of carbonyl (C=O) groups excluding carboxylic acids is 3. The lowest BCUT2D eigenvalue weighted by Gasteiger charge is -2.36. The molecule has 1 atom stereocenters. The normalized spacial score (nSPS) is 14.6. The first-order valence-corrected chi connectivity index (χ1v) is 15.4. The summed E-state index contributed by atoms with van der Waals surface area (Å²) in [5.74, 6) is -0.578. The summed E-state index contributed by atoms with van der Waals surface area (Å²) in [7, 11) is -3.74. The summed E-state index contributed by atoms with van der Waals surface area (Å²) in [6.07, 6.45) is 1.97. The Balaban J connectivity index is 1.36. The highest BCUT2D eigenvalue weighted by molar-refractivity contribution is 7.89. The van der Waals surface area contributed by atoms with Crippen LogP contribution in [0.15, 0.2) is 90.3 Å². The van der Waals surface area contributed by atoms with E-state index in [-0.39, 0.29) is 49.5 Å². The number of fused-ring (bicyclic) bond motifs is 1. The lowest BCUT2D eigenvalue weighted by Crippen LogP contribution is -2.55. The number of unbranched alkanes of at least 4 members (excludes halogenated alkanes) is 1. The zero-order valence-electron chi connectivity index (χ0n) is 23.4. The second-order valence-corrected chi connectivity index (χ2v) is 11.9. The van der Waals surface area contributed by atoms with Gasteiger partial charge in [-0.3, -0.25) is 9.59 Å². The zero-order valence-corrected chi connectivity index (χ0v) is 24.2. The summed E-state index contributed by atoms with van der Waals surface area (Å²) in [5.41, 5.74) is 0.817. The zero-order chi connectivity index (χ0) is 30.0. The molecular weight excluding hydrogens is 556 g/mol. The Bertz CT molecular complexity index is 1500. The minimum absolute atomic E-state index is 0.0620. The van der Waals surface area contributed by atoms with Crippen LogP contribution in [0.1, 0.15) is 24.8 Å². The summed E-state index contributed by atoms with van der Waals surface area (Å²) in [6, 6.07) is 21.0. The molecule has 4 rings (SSSR count). The molecule has 1 fully saturated rings. The first kappa shape index (κ1) is 30.7. The SMILES string of the molecule is C=CC(=O)NCCCCC(NC(=O)OCc1ccccc1)C(=O)N1CCN(S(=O)(=O)c2ccc3ccccc3c2)CC1. The van der Waals surface area contributed by atoms with E-state index in [0.717, 1.165) is 16.3 Å².